The molecular formula is C25H22N4O3S. The van der Waals surface area contributed by atoms with Crippen molar-refractivity contribution in [3.05, 3.63) is 108 Å². The number of amides is 2. The molecule has 0 radical (unpaired) electrons. The van der Waals surface area contributed by atoms with Crippen LogP contribution in [0.5, 0.6) is 0 Å². The molecule has 0 saturated carbocycles. The molecule has 1 fully saturated rings. The number of hydrogen-bond acceptors (Lipinski definition) is 5. The van der Waals surface area contributed by atoms with Crippen LogP contribution in [-0.4, -0.2) is 32.0 Å². The van der Waals surface area contributed by atoms with Crippen LogP contribution in [0.3, 0.4) is 0 Å². The molecule has 1 atom stereocenters. The van der Waals surface area contributed by atoms with Crippen molar-refractivity contribution in [2.24, 2.45) is 0 Å². The summed E-state index contributed by atoms with van der Waals surface area (Å²) in [6, 6.07) is 19.1. The average molecular weight is 459 g/mol. The molecule has 8 heteroatoms. The molecule has 33 heavy (non-hydrogen) atoms. The smallest absolute Gasteiger partial charge is 0.251 e. The van der Waals surface area contributed by atoms with Crippen molar-refractivity contribution in [1.82, 2.24) is 19.8 Å². The quantitative estimate of drug-likeness (QED) is 0.450. The third-order valence-corrected chi connectivity index (χ3v) is 6.78. The van der Waals surface area contributed by atoms with Crippen LogP contribution in [0, 0.1) is 0 Å². The van der Waals surface area contributed by atoms with Crippen LogP contribution in [0.1, 0.15) is 32.6 Å². The maximum atomic E-state index is 12.6. The van der Waals surface area contributed by atoms with E-state index in [4.69, 9.17) is 4.42 Å². The minimum Gasteiger partial charge on any atom is -0.467 e. The van der Waals surface area contributed by atoms with E-state index in [1.165, 1.54) is 0 Å². The Labute approximate surface area is 195 Å². The van der Waals surface area contributed by atoms with Crippen LogP contribution >= 0.6 is 11.8 Å². The summed E-state index contributed by atoms with van der Waals surface area (Å²) in [5.74, 6) is 1.14. The van der Waals surface area contributed by atoms with E-state index >= 15 is 0 Å². The third-order valence-electron chi connectivity index (χ3n) is 5.52. The molecule has 1 N–H and O–H groups in total. The summed E-state index contributed by atoms with van der Waals surface area (Å²) >= 11 is 1.58. The van der Waals surface area contributed by atoms with Gasteiger partial charge in [-0.1, -0.05) is 24.3 Å². The highest BCUT2D eigenvalue weighted by molar-refractivity contribution is 8.00. The first-order chi connectivity index (χ1) is 16.2. The van der Waals surface area contributed by atoms with E-state index in [2.05, 4.69) is 10.3 Å². The maximum absolute atomic E-state index is 12.6. The standard InChI is InChI=1S/C25H22N4O3S/c30-23-16-33-25(29(23)15-22-2-1-13-32-22)20-7-5-19(6-8-20)24(31)27-14-18-3-9-21(10-4-18)28-12-11-26-17-28/h1-13,17,25H,14-16H2,(H,27,31)/t25-/m0/s1. The number of hydrogen-bond donors (Lipinski definition) is 1. The van der Waals surface area contributed by atoms with Crippen molar-refractivity contribution in [2.75, 3.05) is 5.75 Å². The summed E-state index contributed by atoms with van der Waals surface area (Å²) in [6.07, 6.45) is 6.98. The van der Waals surface area contributed by atoms with Crippen LogP contribution in [0.4, 0.5) is 0 Å². The van der Waals surface area contributed by atoms with Gasteiger partial charge in [-0.05, 0) is 47.5 Å². The fourth-order valence-corrected chi connectivity index (χ4v) is 4.94. The Morgan fingerprint density at radius 2 is 1.94 bits per heavy atom. The molecule has 7 nitrogen and oxygen atoms in total. The van der Waals surface area contributed by atoms with Crippen LogP contribution < -0.4 is 5.32 Å². The molecule has 2 aromatic heterocycles. The molecule has 166 valence electrons. The van der Waals surface area contributed by atoms with Crippen molar-refractivity contribution in [1.29, 1.82) is 0 Å². The van der Waals surface area contributed by atoms with Crippen molar-refractivity contribution in [3.8, 4) is 5.69 Å². The Morgan fingerprint density at radius 1 is 1.12 bits per heavy atom. The van der Waals surface area contributed by atoms with Gasteiger partial charge >= 0.3 is 0 Å². The molecule has 3 heterocycles. The van der Waals surface area contributed by atoms with E-state index in [1.54, 1.807) is 42.7 Å². The second-order valence-electron chi connectivity index (χ2n) is 7.71. The van der Waals surface area contributed by atoms with Gasteiger partial charge in [-0.15, -0.1) is 11.8 Å². The second-order valence-corrected chi connectivity index (χ2v) is 8.77. The van der Waals surface area contributed by atoms with Gasteiger partial charge < -0.3 is 19.2 Å². The number of furan rings is 1. The Hall–Kier alpha value is -3.78. The fraction of sp³-hybridized carbons (Fsp3) is 0.160. The van der Waals surface area contributed by atoms with E-state index < -0.39 is 0 Å². The molecule has 2 aromatic carbocycles. The number of nitrogens with zero attached hydrogens (tertiary/aromatic N) is 3. The first kappa shape index (κ1) is 21.1. The average Bonchev–Trinajstić information content (AvgIpc) is 3.62. The third kappa shape index (κ3) is 4.70. The van der Waals surface area contributed by atoms with Crippen LogP contribution in [0.25, 0.3) is 5.69 Å². The van der Waals surface area contributed by atoms with E-state index in [0.717, 1.165) is 22.6 Å². The van der Waals surface area contributed by atoms with Gasteiger partial charge in [0.2, 0.25) is 5.91 Å². The molecular weight excluding hydrogens is 436 g/mol. The Balaban J connectivity index is 1.20. The molecule has 0 spiro atoms. The Bertz CT molecular complexity index is 1220. The first-order valence-electron chi connectivity index (χ1n) is 10.6. The molecule has 1 saturated heterocycles. The zero-order chi connectivity index (χ0) is 22.6. The highest BCUT2D eigenvalue weighted by atomic mass is 32.2. The van der Waals surface area contributed by atoms with Gasteiger partial charge in [0, 0.05) is 30.2 Å². The minimum atomic E-state index is -0.136. The molecule has 2 amide bonds. The maximum Gasteiger partial charge on any atom is 0.251 e. The summed E-state index contributed by atoms with van der Waals surface area (Å²) in [7, 11) is 0. The van der Waals surface area contributed by atoms with Gasteiger partial charge in [0.1, 0.15) is 11.1 Å². The van der Waals surface area contributed by atoms with E-state index in [-0.39, 0.29) is 17.2 Å². The van der Waals surface area contributed by atoms with Crippen LogP contribution in [-0.2, 0) is 17.9 Å². The lowest BCUT2D eigenvalue weighted by molar-refractivity contribution is -0.128. The summed E-state index contributed by atoms with van der Waals surface area (Å²) in [5, 5.41) is 2.87. The normalized spacial score (nSPS) is 15.7. The number of carbonyl (C=O) groups excluding carboxylic acids is 2. The summed E-state index contributed by atoms with van der Waals surface area (Å²) in [4.78, 5) is 30.9. The SMILES string of the molecule is O=C(NCc1ccc(-n2ccnc2)cc1)c1ccc([C@@H]2SCC(=O)N2Cc2ccco2)cc1. The highest BCUT2D eigenvalue weighted by Crippen LogP contribution is 2.39. The summed E-state index contributed by atoms with van der Waals surface area (Å²) in [5.41, 5.74) is 3.60. The van der Waals surface area contributed by atoms with Gasteiger partial charge in [0.05, 0.1) is 24.9 Å². The Kier molecular flexibility index (Phi) is 5.99. The highest BCUT2D eigenvalue weighted by Gasteiger charge is 2.33. The predicted molar refractivity (Wildman–Crippen MR) is 126 cm³/mol. The predicted octanol–water partition coefficient (Wildman–Crippen LogP) is 4.17. The number of imidazole rings is 1. The minimum absolute atomic E-state index is 0.0854. The zero-order valence-electron chi connectivity index (χ0n) is 17.8. The van der Waals surface area contributed by atoms with E-state index in [9.17, 15) is 9.59 Å². The monoisotopic (exact) mass is 458 g/mol. The van der Waals surface area contributed by atoms with Gasteiger partial charge in [0.15, 0.2) is 0 Å². The number of carbonyl (C=O) groups is 2. The Morgan fingerprint density at radius 3 is 2.64 bits per heavy atom. The lowest BCUT2D eigenvalue weighted by Crippen LogP contribution is -2.27. The largest absolute Gasteiger partial charge is 0.467 e. The summed E-state index contributed by atoms with van der Waals surface area (Å²) < 4.78 is 7.33. The number of nitrogens with one attached hydrogen (secondary N) is 1. The number of benzene rings is 2. The molecule has 1 aliphatic heterocycles. The first-order valence-corrected chi connectivity index (χ1v) is 11.6. The molecule has 0 aliphatic carbocycles. The van der Waals surface area contributed by atoms with Gasteiger partial charge in [-0.25, -0.2) is 4.98 Å². The fourth-order valence-electron chi connectivity index (χ4n) is 3.75. The lowest BCUT2D eigenvalue weighted by Gasteiger charge is -2.23. The molecule has 0 unspecified atom stereocenters. The molecule has 4 aromatic rings. The van der Waals surface area contributed by atoms with Crippen molar-refractivity contribution < 1.29 is 14.0 Å². The molecule has 0 bridgehead atoms. The van der Waals surface area contributed by atoms with Crippen molar-refractivity contribution in [3.63, 3.8) is 0 Å². The number of aromatic nitrogens is 2. The number of rotatable bonds is 7. The number of thioether (sulfide) groups is 1. The van der Waals surface area contributed by atoms with Crippen molar-refractivity contribution >= 4 is 23.6 Å². The zero-order valence-corrected chi connectivity index (χ0v) is 18.6. The molecule has 1 aliphatic rings. The van der Waals surface area contributed by atoms with Gasteiger partial charge in [-0.3, -0.25) is 9.59 Å². The van der Waals surface area contributed by atoms with Gasteiger partial charge in [-0.2, -0.15) is 0 Å². The van der Waals surface area contributed by atoms with E-state index in [0.29, 0.717) is 24.4 Å². The van der Waals surface area contributed by atoms with Crippen LogP contribution in [0.15, 0.2) is 90.1 Å². The van der Waals surface area contributed by atoms with E-state index in [1.807, 2.05) is 64.2 Å². The van der Waals surface area contributed by atoms with Crippen molar-refractivity contribution in [2.45, 2.75) is 18.5 Å². The summed E-state index contributed by atoms with van der Waals surface area (Å²) in [6.45, 7) is 0.875. The van der Waals surface area contributed by atoms with Gasteiger partial charge in [0.25, 0.3) is 5.91 Å². The lowest BCUT2D eigenvalue weighted by atomic mass is 10.1. The topological polar surface area (TPSA) is 80.4 Å². The van der Waals surface area contributed by atoms with Crippen LogP contribution in [0.2, 0.25) is 0 Å². The second kappa shape index (κ2) is 9.38. The molecule has 5 rings (SSSR count).